The molecule has 0 bridgehead atoms. The predicted molar refractivity (Wildman–Crippen MR) is 107 cm³/mol. The summed E-state index contributed by atoms with van der Waals surface area (Å²) >= 11 is 0. The molecule has 0 aromatic heterocycles. The summed E-state index contributed by atoms with van der Waals surface area (Å²) < 4.78 is 27.4. The highest BCUT2D eigenvalue weighted by atomic mass is 19.1. The van der Waals surface area contributed by atoms with Gasteiger partial charge >= 0.3 is 6.03 Å². The molecule has 2 aromatic rings. The van der Waals surface area contributed by atoms with Crippen molar-refractivity contribution in [2.75, 3.05) is 23.3 Å². The highest BCUT2D eigenvalue weighted by Crippen LogP contribution is 2.29. The lowest BCUT2D eigenvalue weighted by Gasteiger charge is -2.36. The van der Waals surface area contributed by atoms with Crippen LogP contribution in [-0.2, 0) is 11.3 Å². The normalized spacial score (nSPS) is 17.2. The van der Waals surface area contributed by atoms with E-state index in [9.17, 15) is 18.4 Å². The number of halogens is 2. The molecule has 1 N–H and O–H groups in total. The SMILES string of the molecule is O=C(Nc1cccc(N2CCCN(Cc3cc(F)ccc3F)C2=O)c1)C1CCC1. The van der Waals surface area contributed by atoms with E-state index in [1.807, 2.05) is 6.07 Å². The number of carbonyl (C=O) groups is 2. The summed E-state index contributed by atoms with van der Waals surface area (Å²) in [6.07, 6.45) is 3.63. The van der Waals surface area contributed by atoms with Gasteiger partial charge in [-0.1, -0.05) is 12.5 Å². The summed E-state index contributed by atoms with van der Waals surface area (Å²) in [7, 11) is 0. The van der Waals surface area contributed by atoms with Gasteiger partial charge in [0.25, 0.3) is 0 Å². The first-order chi connectivity index (χ1) is 14.0. The lowest BCUT2D eigenvalue weighted by Crippen LogP contribution is -2.49. The van der Waals surface area contributed by atoms with Crippen molar-refractivity contribution in [2.24, 2.45) is 5.92 Å². The first-order valence-corrected chi connectivity index (χ1v) is 9.92. The molecular formula is C22H23F2N3O2. The van der Waals surface area contributed by atoms with Crippen molar-refractivity contribution in [3.8, 4) is 0 Å². The van der Waals surface area contributed by atoms with Crippen LogP contribution in [0.15, 0.2) is 42.5 Å². The number of carbonyl (C=O) groups excluding carboxylic acids is 2. The van der Waals surface area contributed by atoms with Gasteiger partial charge in [-0.3, -0.25) is 9.69 Å². The minimum atomic E-state index is -0.531. The molecule has 0 spiro atoms. The van der Waals surface area contributed by atoms with Crippen molar-refractivity contribution < 1.29 is 18.4 Å². The Morgan fingerprint density at radius 2 is 1.90 bits per heavy atom. The molecule has 3 amide bonds. The van der Waals surface area contributed by atoms with Crippen molar-refractivity contribution in [2.45, 2.75) is 32.2 Å². The first kappa shape index (κ1) is 19.4. The van der Waals surface area contributed by atoms with Crippen LogP contribution in [0.25, 0.3) is 0 Å². The van der Waals surface area contributed by atoms with Gasteiger partial charge in [-0.2, -0.15) is 0 Å². The van der Waals surface area contributed by atoms with Crippen LogP contribution in [0.2, 0.25) is 0 Å². The van der Waals surface area contributed by atoms with E-state index in [0.29, 0.717) is 30.9 Å². The summed E-state index contributed by atoms with van der Waals surface area (Å²) in [5.74, 6) is -0.969. The van der Waals surface area contributed by atoms with Gasteiger partial charge in [0.1, 0.15) is 11.6 Å². The average Bonchev–Trinajstić information content (AvgIpc) is 2.65. The molecule has 2 aromatic carbocycles. The minimum Gasteiger partial charge on any atom is -0.326 e. The molecular weight excluding hydrogens is 376 g/mol. The molecule has 152 valence electrons. The highest BCUT2D eigenvalue weighted by molar-refractivity contribution is 5.96. The molecule has 1 aliphatic carbocycles. The molecule has 1 aliphatic heterocycles. The second kappa shape index (κ2) is 8.19. The van der Waals surface area contributed by atoms with Crippen LogP contribution < -0.4 is 10.2 Å². The van der Waals surface area contributed by atoms with Gasteiger partial charge in [0.15, 0.2) is 0 Å². The summed E-state index contributed by atoms with van der Waals surface area (Å²) in [6, 6.07) is 10.2. The Balaban J connectivity index is 1.48. The van der Waals surface area contributed by atoms with Crippen LogP contribution in [0.5, 0.6) is 0 Å². The van der Waals surface area contributed by atoms with Crippen LogP contribution >= 0.6 is 0 Å². The maximum absolute atomic E-state index is 14.0. The number of nitrogens with zero attached hydrogens (tertiary/aromatic N) is 2. The molecule has 0 unspecified atom stereocenters. The molecule has 29 heavy (non-hydrogen) atoms. The molecule has 1 saturated heterocycles. The number of hydrogen-bond donors (Lipinski definition) is 1. The molecule has 2 aliphatic rings. The Morgan fingerprint density at radius 3 is 2.66 bits per heavy atom. The van der Waals surface area contributed by atoms with E-state index in [1.165, 1.54) is 4.90 Å². The largest absolute Gasteiger partial charge is 0.326 e. The molecule has 1 heterocycles. The third-order valence-electron chi connectivity index (χ3n) is 5.58. The molecule has 5 nitrogen and oxygen atoms in total. The Bertz CT molecular complexity index is 930. The lowest BCUT2D eigenvalue weighted by atomic mass is 9.85. The summed E-state index contributed by atoms with van der Waals surface area (Å²) in [4.78, 5) is 28.3. The summed E-state index contributed by atoms with van der Waals surface area (Å²) in [6.45, 7) is 1.02. The van der Waals surface area contributed by atoms with E-state index >= 15 is 0 Å². The van der Waals surface area contributed by atoms with Gasteiger partial charge in [0, 0.05) is 35.9 Å². The summed E-state index contributed by atoms with van der Waals surface area (Å²) in [5.41, 5.74) is 1.48. The summed E-state index contributed by atoms with van der Waals surface area (Å²) in [5, 5.41) is 2.92. The highest BCUT2D eigenvalue weighted by Gasteiger charge is 2.28. The number of rotatable bonds is 5. The number of amides is 3. The van der Waals surface area contributed by atoms with E-state index in [1.54, 1.807) is 23.1 Å². The number of urea groups is 1. The van der Waals surface area contributed by atoms with E-state index < -0.39 is 11.6 Å². The smallest absolute Gasteiger partial charge is 0.324 e. The molecule has 0 atom stereocenters. The number of benzene rings is 2. The third-order valence-corrected chi connectivity index (χ3v) is 5.58. The minimum absolute atomic E-state index is 0.0109. The van der Waals surface area contributed by atoms with Gasteiger partial charge in [-0.05, 0) is 55.7 Å². The number of hydrogen-bond acceptors (Lipinski definition) is 2. The van der Waals surface area contributed by atoms with Gasteiger partial charge in [-0.25, -0.2) is 13.6 Å². The zero-order chi connectivity index (χ0) is 20.4. The van der Waals surface area contributed by atoms with E-state index in [-0.39, 0.29) is 30.0 Å². The Morgan fingerprint density at radius 1 is 1.07 bits per heavy atom. The van der Waals surface area contributed by atoms with Crippen LogP contribution in [0.3, 0.4) is 0 Å². The third kappa shape index (κ3) is 4.23. The fourth-order valence-electron chi connectivity index (χ4n) is 3.70. The van der Waals surface area contributed by atoms with Crippen molar-refractivity contribution in [3.05, 3.63) is 59.7 Å². The fraction of sp³-hybridized carbons (Fsp3) is 0.364. The maximum atomic E-state index is 14.0. The number of nitrogens with one attached hydrogen (secondary N) is 1. The van der Waals surface area contributed by atoms with Crippen LogP contribution in [0, 0.1) is 17.6 Å². The van der Waals surface area contributed by atoms with Crippen molar-refractivity contribution in [1.29, 1.82) is 0 Å². The Kier molecular flexibility index (Phi) is 5.47. The molecule has 7 heteroatoms. The van der Waals surface area contributed by atoms with Crippen molar-refractivity contribution in [3.63, 3.8) is 0 Å². The van der Waals surface area contributed by atoms with E-state index in [0.717, 1.165) is 37.5 Å². The second-order valence-corrected chi connectivity index (χ2v) is 7.61. The molecule has 2 fully saturated rings. The van der Waals surface area contributed by atoms with Crippen LogP contribution in [0.1, 0.15) is 31.2 Å². The Labute approximate surface area is 168 Å². The second-order valence-electron chi connectivity index (χ2n) is 7.61. The standard InChI is InChI=1S/C22H23F2N3O2/c23-17-8-9-20(24)16(12-17)14-26-10-3-11-27(22(26)29)19-7-2-6-18(13-19)25-21(28)15-4-1-5-15/h2,6-9,12-13,15H,1,3-5,10-11,14H2,(H,25,28). The van der Waals surface area contributed by atoms with Crippen molar-refractivity contribution in [1.82, 2.24) is 4.90 Å². The van der Waals surface area contributed by atoms with Gasteiger partial charge in [-0.15, -0.1) is 0 Å². The lowest BCUT2D eigenvalue weighted by molar-refractivity contribution is -0.122. The molecule has 4 rings (SSSR count). The average molecular weight is 399 g/mol. The monoisotopic (exact) mass is 399 g/mol. The molecule has 0 radical (unpaired) electrons. The Hall–Kier alpha value is -2.96. The van der Waals surface area contributed by atoms with Gasteiger partial charge in [0.05, 0.1) is 6.54 Å². The topological polar surface area (TPSA) is 52.7 Å². The maximum Gasteiger partial charge on any atom is 0.324 e. The van der Waals surface area contributed by atoms with Gasteiger partial charge < -0.3 is 10.2 Å². The van der Waals surface area contributed by atoms with Gasteiger partial charge in [0.2, 0.25) is 5.91 Å². The number of anilines is 2. The first-order valence-electron chi connectivity index (χ1n) is 9.92. The van der Waals surface area contributed by atoms with Crippen LogP contribution in [-0.4, -0.2) is 29.9 Å². The zero-order valence-corrected chi connectivity index (χ0v) is 16.0. The zero-order valence-electron chi connectivity index (χ0n) is 16.0. The van der Waals surface area contributed by atoms with E-state index in [2.05, 4.69) is 5.32 Å². The predicted octanol–water partition coefficient (Wildman–Crippen LogP) is 4.54. The van der Waals surface area contributed by atoms with Crippen LogP contribution in [0.4, 0.5) is 25.0 Å². The van der Waals surface area contributed by atoms with E-state index in [4.69, 9.17) is 0 Å². The quantitative estimate of drug-likeness (QED) is 0.803. The fourth-order valence-corrected chi connectivity index (χ4v) is 3.70. The molecule has 1 saturated carbocycles. The van der Waals surface area contributed by atoms with Crippen molar-refractivity contribution >= 4 is 23.3 Å².